The van der Waals surface area contributed by atoms with Gasteiger partial charge in [0.15, 0.2) is 0 Å². The first kappa shape index (κ1) is 20.9. The molecule has 0 saturated heterocycles. The number of benzene rings is 1. The molecule has 0 aromatic heterocycles. The zero-order valence-corrected chi connectivity index (χ0v) is 17.0. The van der Waals surface area contributed by atoms with Crippen molar-refractivity contribution >= 4 is 18.3 Å². The van der Waals surface area contributed by atoms with E-state index in [0.29, 0.717) is 0 Å². The predicted molar refractivity (Wildman–Crippen MR) is 111 cm³/mol. The number of allylic oxidation sites excluding steroid dienone is 4. The van der Waals surface area contributed by atoms with Crippen LogP contribution >= 0.6 is 0 Å². The van der Waals surface area contributed by atoms with E-state index in [2.05, 4.69) is 31.2 Å². The second-order valence-electron chi connectivity index (χ2n) is 8.00. The summed E-state index contributed by atoms with van der Waals surface area (Å²) < 4.78 is 5.82. The molecule has 1 atom stereocenters. The minimum absolute atomic E-state index is 0.179. The fraction of sp³-hybridized carbons (Fsp3) is 0.417. The second-order valence-corrected chi connectivity index (χ2v) is 8.00. The summed E-state index contributed by atoms with van der Waals surface area (Å²) in [6.45, 7) is 10.2. The lowest BCUT2D eigenvalue weighted by Crippen LogP contribution is -2.36. The number of hydrogen-bond acceptors (Lipinski definition) is 3. The first-order valence-electron chi connectivity index (χ1n) is 9.51. The lowest BCUT2D eigenvalue weighted by molar-refractivity contribution is -0.155. The van der Waals surface area contributed by atoms with Gasteiger partial charge in [-0.15, -0.1) is 0 Å². The monoisotopic (exact) mass is 366 g/mol. The van der Waals surface area contributed by atoms with Crippen LogP contribution in [0.5, 0.6) is 0 Å². The van der Waals surface area contributed by atoms with Gasteiger partial charge in [0.25, 0.3) is 0 Å². The summed E-state index contributed by atoms with van der Waals surface area (Å²) in [7, 11) is 0. The van der Waals surface area contributed by atoms with Crippen molar-refractivity contribution in [3.63, 3.8) is 0 Å². The molecule has 1 aromatic carbocycles. The Morgan fingerprint density at radius 1 is 1.26 bits per heavy atom. The molecule has 0 N–H and O–H groups in total. The first-order chi connectivity index (χ1) is 12.8. The zero-order valence-electron chi connectivity index (χ0n) is 17.0. The van der Waals surface area contributed by atoms with Gasteiger partial charge in [0.05, 0.1) is 10.8 Å². The van der Waals surface area contributed by atoms with Crippen molar-refractivity contribution in [1.82, 2.24) is 0 Å². The summed E-state index contributed by atoms with van der Waals surface area (Å²) in [5.41, 5.74) is 3.41. The lowest BCUT2D eigenvalue weighted by Gasteiger charge is -2.35. The van der Waals surface area contributed by atoms with E-state index in [1.807, 2.05) is 45.9 Å². The van der Waals surface area contributed by atoms with Crippen LogP contribution in [0.4, 0.5) is 0 Å². The minimum atomic E-state index is -0.502. The van der Waals surface area contributed by atoms with Gasteiger partial charge in [-0.3, -0.25) is 9.59 Å². The molecule has 0 bridgehead atoms. The standard InChI is InChI=1S/C24H30O3/c1-6-23(4,5)22(26)27-17-24(12-8-7-9-13-24)21-16-18(2)15-19(3)20(21)11-10-14-25/h7-12,14-16H,6,13,17H2,1-5H3/b11-10+. The molecule has 1 aromatic rings. The molecule has 1 aliphatic carbocycles. The van der Waals surface area contributed by atoms with Crippen molar-refractivity contribution in [3.05, 3.63) is 64.8 Å². The van der Waals surface area contributed by atoms with Crippen LogP contribution in [0.15, 0.2) is 42.5 Å². The smallest absolute Gasteiger partial charge is 0.311 e. The van der Waals surface area contributed by atoms with Gasteiger partial charge in [-0.2, -0.15) is 0 Å². The van der Waals surface area contributed by atoms with Gasteiger partial charge in [-0.25, -0.2) is 0 Å². The summed E-state index contributed by atoms with van der Waals surface area (Å²) in [6, 6.07) is 4.25. The van der Waals surface area contributed by atoms with Gasteiger partial charge < -0.3 is 4.74 Å². The molecule has 3 nitrogen and oxygen atoms in total. The number of rotatable bonds is 7. The maximum absolute atomic E-state index is 12.6. The number of aryl methyl sites for hydroxylation is 2. The quantitative estimate of drug-likeness (QED) is 0.376. The highest BCUT2D eigenvalue weighted by Crippen LogP contribution is 2.38. The van der Waals surface area contributed by atoms with Crippen LogP contribution in [-0.2, 0) is 19.7 Å². The molecule has 144 valence electrons. The fourth-order valence-electron chi connectivity index (χ4n) is 3.33. The van der Waals surface area contributed by atoms with Crippen LogP contribution in [0.2, 0.25) is 0 Å². The van der Waals surface area contributed by atoms with E-state index >= 15 is 0 Å². The Kier molecular flexibility index (Phi) is 6.59. The summed E-state index contributed by atoms with van der Waals surface area (Å²) in [5.74, 6) is -0.179. The molecule has 3 heteroatoms. The van der Waals surface area contributed by atoms with Crippen LogP contribution in [0.3, 0.4) is 0 Å². The van der Waals surface area contributed by atoms with Crippen LogP contribution in [0.1, 0.15) is 55.9 Å². The van der Waals surface area contributed by atoms with Gasteiger partial charge in [0.1, 0.15) is 12.9 Å². The molecule has 27 heavy (non-hydrogen) atoms. The third kappa shape index (κ3) is 4.65. The van der Waals surface area contributed by atoms with Crippen molar-refractivity contribution in [2.75, 3.05) is 6.61 Å². The number of aldehydes is 1. The predicted octanol–water partition coefficient (Wildman–Crippen LogP) is 5.25. The molecule has 0 aliphatic heterocycles. The topological polar surface area (TPSA) is 43.4 Å². The molecule has 0 spiro atoms. The Hall–Kier alpha value is -2.42. The van der Waals surface area contributed by atoms with E-state index in [1.165, 1.54) is 6.08 Å². The average Bonchev–Trinajstić information content (AvgIpc) is 2.65. The van der Waals surface area contributed by atoms with E-state index in [1.54, 1.807) is 0 Å². The van der Waals surface area contributed by atoms with Crippen LogP contribution in [0, 0.1) is 19.3 Å². The van der Waals surface area contributed by atoms with Gasteiger partial charge in [-0.05, 0) is 63.3 Å². The lowest BCUT2D eigenvalue weighted by atomic mass is 9.72. The third-order valence-corrected chi connectivity index (χ3v) is 5.45. The van der Waals surface area contributed by atoms with E-state index in [-0.39, 0.29) is 12.6 Å². The van der Waals surface area contributed by atoms with E-state index < -0.39 is 10.8 Å². The normalized spacial score (nSPS) is 19.4. The van der Waals surface area contributed by atoms with Crippen LogP contribution in [-0.4, -0.2) is 18.9 Å². The summed E-state index contributed by atoms with van der Waals surface area (Å²) >= 11 is 0. The first-order valence-corrected chi connectivity index (χ1v) is 9.51. The Morgan fingerprint density at radius 3 is 2.59 bits per heavy atom. The van der Waals surface area contributed by atoms with Crippen molar-refractivity contribution in [3.8, 4) is 0 Å². The van der Waals surface area contributed by atoms with E-state index in [9.17, 15) is 9.59 Å². The molecule has 0 heterocycles. The number of carbonyl (C=O) groups excluding carboxylic acids is 2. The highest BCUT2D eigenvalue weighted by atomic mass is 16.5. The van der Waals surface area contributed by atoms with E-state index in [0.717, 1.165) is 41.4 Å². The molecule has 1 unspecified atom stereocenters. The number of ether oxygens (including phenoxy) is 1. The average molecular weight is 367 g/mol. The third-order valence-electron chi connectivity index (χ3n) is 5.45. The molecule has 0 amide bonds. The Bertz CT molecular complexity index is 796. The molecular formula is C24H30O3. The maximum atomic E-state index is 12.6. The number of carbonyl (C=O) groups is 2. The SMILES string of the molecule is CCC(C)(C)C(=O)OCC1(c2cc(C)cc(C)c2/C=C/C=O)C=CC=CC1. The minimum Gasteiger partial charge on any atom is -0.464 e. The molecule has 0 radical (unpaired) electrons. The Morgan fingerprint density at radius 2 is 2.00 bits per heavy atom. The van der Waals surface area contributed by atoms with Gasteiger partial charge in [-0.1, -0.05) is 55.0 Å². The van der Waals surface area contributed by atoms with Crippen molar-refractivity contribution in [1.29, 1.82) is 0 Å². The van der Waals surface area contributed by atoms with Crippen molar-refractivity contribution in [2.24, 2.45) is 5.41 Å². The highest BCUT2D eigenvalue weighted by molar-refractivity contribution is 5.77. The number of esters is 1. The zero-order chi connectivity index (χ0) is 20.1. The van der Waals surface area contributed by atoms with Gasteiger partial charge in [0, 0.05) is 0 Å². The summed E-state index contributed by atoms with van der Waals surface area (Å²) in [4.78, 5) is 23.5. The second kappa shape index (κ2) is 8.51. The maximum Gasteiger partial charge on any atom is 0.311 e. The van der Waals surface area contributed by atoms with Gasteiger partial charge in [0.2, 0.25) is 0 Å². The summed E-state index contributed by atoms with van der Waals surface area (Å²) in [6.07, 6.45) is 13.9. The fourth-order valence-corrected chi connectivity index (χ4v) is 3.33. The van der Waals surface area contributed by atoms with Gasteiger partial charge >= 0.3 is 5.97 Å². The summed E-state index contributed by atoms with van der Waals surface area (Å²) in [5, 5.41) is 0. The molecular weight excluding hydrogens is 336 g/mol. The largest absolute Gasteiger partial charge is 0.464 e. The molecule has 2 rings (SSSR count). The number of hydrogen-bond donors (Lipinski definition) is 0. The molecule has 0 fully saturated rings. The van der Waals surface area contributed by atoms with Crippen molar-refractivity contribution in [2.45, 2.75) is 52.9 Å². The molecule has 1 aliphatic rings. The Balaban J connectivity index is 2.50. The Labute approximate surface area is 162 Å². The van der Waals surface area contributed by atoms with Crippen molar-refractivity contribution < 1.29 is 14.3 Å². The van der Waals surface area contributed by atoms with E-state index in [4.69, 9.17) is 4.74 Å². The van der Waals surface area contributed by atoms with Crippen LogP contribution in [0.25, 0.3) is 6.08 Å². The van der Waals surface area contributed by atoms with Crippen LogP contribution < -0.4 is 0 Å². The highest BCUT2D eigenvalue weighted by Gasteiger charge is 2.36. The molecule has 0 saturated carbocycles.